The first kappa shape index (κ1) is 19.4. The van der Waals surface area contributed by atoms with E-state index in [0.29, 0.717) is 13.0 Å². The number of alkyl halides is 3. The summed E-state index contributed by atoms with van der Waals surface area (Å²) in [5.41, 5.74) is -0.316. The van der Waals surface area contributed by atoms with Crippen molar-refractivity contribution in [3.8, 4) is 0 Å². The lowest BCUT2D eigenvalue weighted by molar-refractivity contribution is -0.147. The second kappa shape index (κ2) is 7.01. The first-order valence-corrected chi connectivity index (χ1v) is 8.94. The molecule has 9 heteroatoms. The minimum Gasteiger partial charge on any atom is -0.444 e. The van der Waals surface area contributed by atoms with Crippen molar-refractivity contribution in [1.82, 2.24) is 19.4 Å². The highest BCUT2D eigenvalue weighted by Gasteiger charge is 2.39. The predicted octanol–water partition coefficient (Wildman–Crippen LogP) is 4.24. The van der Waals surface area contributed by atoms with Gasteiger partial charge in [-0.15, -0.1) is 0 Å². The first-order chi connectivity index (χ1) is 12.6. The fraction of sp³-hybridized carbons (Fsp3) is 0.611. The average Bonchev–Trinajstić information content (AvgIpc) is 2.93. The van der Waals surface area contributed by atoms with Crippen molar-refractivity contribution in [1.29, 1.82) is 0 Å². The Hall–Kier alpha value is -2.32. The Bertz CT molecular complexity index is 826. The van der Waals surface area contributed by atoms with E-state index in [1.54, 1.807) is 26.8 Å². The van der Waals surface area contributed by atoms with E-state index in [-0.39, 0.29) is 17.7 Å². The van der Waals surface area contributed by atoms with Crippen LogP contribution in [0, 0.1) is 0 Å². The molecule has 2 aromatic rings. The van der Waals surface area contributed by atoms with Gasteiger partial charge in [-0.05, 0) is 52.2 Å². The van der Waals surface area contributed by atoms with Crippen LogP contribution >= 0.6 is 0 Å². The molecule has 3 rings (SSSR count). The second-order valence-electron chi connectivity index (χ2n) is 7.71. The number of fused-ring (bicyclic) bond motifs is 1. The zero-order valence-corrected chi connectivity index (χ0v) is 15.6. The van der Waals surface area contributed by atoms with Gasteiger partial charge in [0, 0.05) is 19.3 Å². The lowest BCUT2D eigenvalue weighted by Gasteiger charge is -2.37. The minimum atomic E-state index is -4.61. The van der Waals surface area contributed by atoms with Crippen molar-refractivity contribution < 1.29 is 22.7 Å². The Morgan fingerprint density at radius 2 is 2.04 bits per heavy atom. The van der Waals surface area contributed by atoms with Gasteiger partial charge in [0.15, 0.2) is 5.65 Å². The summed E-state index contributed by atoms with van der Waals surface area (Å²) in [6, 6.07) is 2.64. The molecule has 148 valence electrons. The lowest BCUT2D eigenvalue weighted by atomic mass is 10.0. The van der Waals surface area contributed by atoms with Crippen molar-refractivity contribution in [3.63, 3.8) is 0 Å². The number of piperidine rings is 1. The summed E-state index contributed by atoms with van der Waals surface area (Å²) in [5.74, 6) is -0.995. The van der Waals surface area contributed by atoms with Crippen LogP contribution < -0.4 is 0 Å². The van der Waals surface area contributed by atoms with Crippen LogP contribution in [0.1, 0.15) is 45.9 Å². The minimum absolute atomic E-state index is 0.0262. The summed E-state index contributed by atoms with van der Waals surface area (Å²) < 4.78 is 47.0. The Morgan fingerprint density at radius 3 is 2.70 bits per heavy atom. The third kappa shape index (κ3) is 4.33. The molecule has 0 bridgehead atoms. The molecule has 0 aromatic carbocycles. The molecule has 0 spiro atoms. The third-order valence-electron chi connectivity index (χ3n) is 4.41. The Labute approximate surface area is 155 Å². The number of rotatable bonds is 2. The van der Waals surface area contributed by atoms with Crippen molar-refractivity contribution in [2.75, 3.05) is 6.54 Å². The molecule has 3 heterocycles. The van der Waals surface area contributed by atoms with E-state index in [1.165, 1.54) is 17.2 Å². The molecule has 1 fully saturated rings. The number of carbonyl (C=O) groups is 1. The van der Waals surface area contributed by atoms with Crippen LogP contribution in [-0.2, 0) is 17.5 Å². The number of nitrogens with zero attached hydrogens (tertiary/aromatic N) is 4. The largest absolute Gasteiger partial charge is 0.449 e. The van der Waals surface area contributed by atoms with Gasteiger partial charge in [0.2, 0.25) is 5.82 Å². The van der Waals surface area contributed by atoms with E-state index < -0.39 is 29.7 Å². The number of ether oxygens (including phenoxy) is 1. The maximum atomic E-state index is 13.5. The molecular weight excluding hydrogens is 361 g/mol. The number of likely N-dealkylation sites (tertiary alicyclic amines) is 1. The molecule has 6 nitrogen and oxygen atoms in total. The highest BCUT2D eigenvalue weighted by atomic mass is 19.4. The monoisotopic (exact) mass is 384 g/mol. The number of amides is 1. The molecule has 1 unspecified atom stereocenters. The van der Waals surface area contributed by atoms with Gasteiger partial charge < -0.3 is 14.2 Å². The molecule has 0 aliphatic carbocycles. The molecule has 1 saturated heterocycles. The number of carbonyl (C=O) groups excluding carboxylic acids is 1. The lowest BCUT2D eigenvalue weighted by Crippen LogP contribution is -2.48. The van der Waals surface area contributed by atoms with Gasteiger partial charge in [-0.2, -0.15) is 13.2 Å². The van der Waals surface area contributed by atoms with Gasteiger partial charge in [0.1, 0.15) is 11.1 Å². The van der Waals surface area contributed by atoms with Crippen LogP contribution in [0.3, 0.4) is 0 Å². The Morgan fingerprint density at radius 1 is 1.30 bits per heavy atom. The molecule has 2 aromatic heterocycles. The quantitative estimate of drug-likeness (QED) is 0.777. The molecule has 0 saturated carbocycles. The number of pyridine rings is 1. The number of hydrogen-bond acceptors (Lipinski definition) is 4. The third-order valence-corrected chi connectivity index (χ3v) is 4.41. The van der Waals surface area contributed by atoms with Gasteiger partial charge in [0.25, 0.3) is 0 Å². The highest BCUT2D eigenvalue weighted by Crippen LogP contribution is 2.32. The molecule has 1 aliphatic heterocycles. The van der Waals surface area contributed by atoms with Gasteiger partial charge >= 0.3 is 12.3 Å². The predicted molar refractivity (Wildman–Crippen MR) is 93.1 cm³/mol. The summed E-state index contributed by atoms with van der Waals surface area (Å²) in [6.07, 6.45) is -1.43. The zero-order valence-electron chi connectivity index (χ0n) is 15.6. The standard InChI is InChI=1S/C18H23F3N4O2/c1-17(2,3)27-16(26)24-10-5-4-7-12(24)11-25-14-13(8-6-9-22-14)23-15(25)18(19,20)21/h6,8-9,12H,4-5,7,10-11H2,1-3H3. The highest BCUT2D eigenvalue weighted by molar-refractivity contribution is 5.71. The van der Waals surface area contributed by atoms with E-state index >= 15 is 0 Å². The van der Waals surface area contributed by atoms with Crippen LogP contribution in [0.2, 0.25) is 0 Å². The average molecular weight is 384 g/mol. The molecule has 0 radical (unpaired) electrons. The second-order valence-corrected chi connectivity index (χ2v) is 7.71. The summed E-state index contributed by atoms with van der Waals surface area (Å²) >= 11 is 0. The number of halogens is 3. The number of imidazole rings is 1. The van der Waals surface area contributed by atoms with Gasteiger partial charge in [-0.1, -0.05) is 0 Å². The molecule has 0 N–H and O–H groups in total. The maximum absolute atomic E-state index is 13.5. The van der Waals surface area contributed by atoms with Crippen molar-refractivity contribution in [3.05, 3.63) is 24.2 Å². The van der Waals surface area contributed by atoms with Crippen molar-refractivity contribution >= 4 is 17.3 Å². The summed E-state index contributed by atoms with van der Waals surface area (Å²) in [7, 11) is 0. The van der Waals surface area contributed by atoms with Crippen LogP contribution in [0.4, 0.5) is 18.0 Å². The molecule has 1 aliphatic rings. The smallest absolute Gasteiger partial charge is 0.444 e. The first-order valence-electron chi connectivity index (χ1n) is 8.94. The van der Waals surface area contributed by atoms with E-state index in [9.17, 15) is 18.0 Å². The van der Waals surface area contributed by atoms with Crippen molar-refractivity contribution in [2.24, 2.45) is 0 Å². The fourth-order valence-corrected chi connectivity index (χ4v) is 3.31. The topological polar surface area (TPSA) is 60.2 Å². The Balaban J connectivity index is 1.94. The SMILES string of the molecule is CC(C)(C)OC(=O)N1CCCCC1Cn1c(C(F)(F)F)nc2cccnc21. The van der Waals surface area contributed by atoms with Crippen LogP contribution in [0.5, 0.6) is 0 Å². The van der Waals surface area contributed by atoms with E-state index in [4.69, 9.17) is 4.74 Å². The van der Waals surface area contributed by atoms with Crippen LogP contribution in [0.25, 0.3) is 11.2 Å². The zero-order chi connectivity index (χ0) is 19.8. The molecule has 27 heavy (non-hydrogen) atoms. The normalized spacial score (nSPS) is 18.7. The van der Waals surface area contributed by atoms with E-state index in [0.717, 1.165) is 17.4 Å². The molecule has 1 atom stereocenters. The van der Waals surface area contributed by atoms with Crippen LogP contribution in [-0.4, -0.2) is 43.7 Å². The van der Waals surface area contributed by atoms with Gasteiger partial charge in [0.05, 0.1) is 6.04 Å². The summed E-state index contributed by atoms with van der Waals surface area (Å²) in [4.78, 5) is 21.9. The van der Waals surface area contributed by atoms with E-state index in [2.05, 4.69) is 9.97 Å². The van der Waals surface area contributed by atoms with Gasteiger partial charge in [-0.25, -0.2) is 14.8 Å². The fourth-order valence-electron chi connectivity index (χ4n) is 3.31. The number of aromatic nitrogens is 3. The maximum Gasteiger partial charge on any atom is 0.449 e. The molecular formula is C18H23F3N4O2. The van der Waals surface area contributed by atoms with E-state index in [1.807, 2.05) is 0 Å². The summed E-state index contributed by atoms with van der Waals surface area (Å²) in [5, 5.41) is 0. The Kier molecular flexibility index (Phi) is 5.05. The summed E-state index contributed by atoms with van der Waals surface area (Å²) in [6.45, 7) is 5.72. The number of hydrogen-bond donors (Lipinski definition) is 0. The van der Waals surface area contributed by atoms with Gasteiger partial charge in [-0.3, -0.25) is 0 Å². The molecule has 1 amide bonds. The van der Waals surface area contributed by atoms with Crippen LogP contribution in [0.15, 0.2) is 18.3 Å². The van der Waals surface area contributed by atoms with Crippen molar-refractivity contribution in [2.45, 2.75) is 64.4 Å².